The number of hydrogen-bond acceptors (Lipinski definition) is 7. The fourth-order valence-electron chi connectivity index (χ4n) is 2.17. The third-order valence-corrected chi connectivity index (χ3v) is 4.73. The quantitative estimate of drug-likeness (QED) is 0.329. The molecule has 2 aromatic carbocycles. The number of carbonyl (C=O) groups is 1. The molecule has 0 unspecified atom stereocenters. The normalized spacial score (nSPS) is 10.6. The average molecular weight is 449 g/mol. The number of halogens is 1. The van der Waals surface area contributed by atoms with Crippen molar-refractivity contribution in [2.24, 2.45) is 0 Å². The standard InChI is InChI=1S/C17H13BrN4O4S/c18-12-6-4-11(5-7-12)8-16-20-21-17(26-16)27-10-15(23)19-13-2-1-3-14(9-13)22(24)25/h1-7,9H,8,10H2,(H,19,23). The summed E-state index contributed by atoms with van der Waals surface area (Å²) < 4.78 is 6.52. The van der Waals surface area contributed by atoms with Gasteiger partial charge in [0.25, 0.3) is 10.9 Å². The Labute approximate surface area is 166 Å². The highest BCUT2D eigenvalue weighted by Gasteiger charge is 2.12. The van der Waals surface area contributed by atoms with Crippen LogP contribution < -0.4 is 5.32 Å². The SMILES string of the molecule is O=C(CSc1nnc(Cc2ccc(Br)cc2)o1)Nc1cccc([N+](=O)[O-])c1. The van der Waals surface area contributed by atoms with Crippen LogP contribution in [0.4, 0.5) is 11.4 Å². The zero-order valence-electron chi connectivity index (χ0n) is 13.8. The minimum absolute atomic E-state index is 0.0443. The van der Waals surface area contributed by atoms with Crippen molar-refractivity contribution >= 4 is 45.0 Å². The van der Waals surface area contributed by atoms with Gasteiger partial charge in [0, 0.05) is 22.3 Å². The highest BCUT2D eigenvalue weighted by molar-refractivity contribution is 9.10. The Balaban J connectivity index is 1.52. The van der Waals surface area contributed by atoms with Gasteiger partial charge in [0.1, 0.15) is 0 Å². The first kappa shape index (κ1) is 19.1. The molecule has 0 saturated carbocycles. The molecule has 8 nitrogen and oxygen atoms in total. The number of non-ortho nitro benzene ring substituents is 1. The van der Waals surface area contributed by atoms with Crippen molar-refractivity contribution in [1.82, 2.24) is 10.2 Å². The third kappa shape index (κ3) is 5.63. The van der Waals surface area contributed by atoms with Gasteiger partial charge in [-0.1, -0.05) is 45.9 Å². The molecule has 1 aromatic heterocycles. The first-order valence-electron chi connectivity index (χ1n) is 7.73. The van der Waals surface area contributed by atoms with Crippen LogP contribution in [-0.4, -0.2) is 26.8 Å². The number of aromatic nitrogens is 2. The molecule has 1 heterocycles. The number of nitrogens with one attached hydrogen (secondary N) is 1. The predicted molar refractivity (Wildman–Crippen MR) is 104 cm³/mol. The smallest absolute Gasteiger partial charge is 0.277 e. The van der Waals surface area contributed by atoms with Gasteiger partial charge in [-0.05, 0) is 23.8 Å². The average Bonchev–Trinajstić information content (AvgIpc) is 3.09. The van der Waals surface area contributed by atoms with Crippen LogP contribution in [0.1, 0.15) is 11.5 Å². The van der Waals surface area contributed by atoms with Crippen molar-refractivity contribution < 1.29 is 14.1 Å². The number of benzene rings is 2. The van der Waals surface area contributed by atoms with Crippen LogP contribution >= 0.6 is 27.7 Å². The molecule has 0 aliphatic rings. The number of nitro benzene ring substituents is 1. The summed E-state index contributed by atoms with van der Waals surface area (Å²) >= 11 is 4.48. The van der Waals surface area contributed by atoms with Gasteiger partial charge in [-0.2, -0.15) is 0 Å². The molecule has 3 rings (SSSR count). The topological polar surface area (TPSA) is 111 Å². The zero-order chi connectivity index (χ0) is 19.2. The van der Waals surface area contributed by atoms with Gasteiger partial charge in [-0.3, -0.25) is 14.9 Å². The fraction of sp³-hybridized carbons (Fsp3) is 0.118. The summed E-state index contributed by atoms with van der Waals surface area (Å²) in [4.78, 5) is 22.2. The number of anilines is 1. The molecule has 1 amide bonds. The second-order valence-corrected chi connectivity index (χ2v) is 7.25. The Morgan fingerprint density at radius 1 is 1.22 bits per heavy atom. The van der Waals surface area contributed by atoms with Crippen molar-refractivity contribution in [1.29, 1.82) is 0 Å². The summed E-state index contributed by atoms with van der Waals surface area (Å²) in [6, 6.07) is 13.5. The highest BCUT2D eigenvalue weighted by Crippen LogP contribution is 2.20. The van der Waals surface area contributed by atoms with Crippen LogP contribution in [-0.2, 0) is 11.2 Å². The van der Waals surface area contributed by atoms with Gasteiger partial charge in [-0.15, -0.1) is 10.2 Å². The van der Waals surface area contributed by atoms with Crippen molar-refractivity contribution in [2.75, 3.05) is 11.1 Å². The van der Waals surface area contributed by atoms with Gasteiger partial charge in [0.05, 0.1) is 17.1 Å². The fourth-order valence-corrected chi connectivity index (χ4v) is 3.01. The molecule has 0 radical (unpaired) electrons. The molecule has 27 heavy (non-hydrogen) atoms. The van der Waals surface area contributed by atoms with Crippen LogP contribution in [0, 0.1) is 10.1 Å². The lowest BCUT2D eigenvalue weighted by molar-refractivity contribution is -0.384. The lowest BCUT2D eigenvalue weighted by Gasteiger charge is -2.03. The maximum atomic E-state index is 12.0. The van der Waals surface area contributed by atoms with Crippen molar-refractivity contribution in [3.63, 3.8) is 0 Å². The summed E-state index contributed by atoms with van der Waals surface area (Å²) in [5, 5.41) is 21.5. The molecule has 0 aliphatic carbocycles. The first-order valence-corrected chi connectivity index (χ1v) is 9.51. The van der Waals surface area contributed by atoms with E-state index in [2.05, 4.69) is 31.4 Å². The number of nitro groups is 1. The van der Waals surface area contributed by atoms with Gasteiger partial charge in [0.15, 0.2) is 0 Å². The van der Waals surface area contributed by atoms with Crippen molar-refractivity contribution in [3.05, 3.63) is 74.6 Å². The van der Waals surface area contributed by atoms with E-state index in [1.165, 1.54) is 18.2 Å². The lowest BCUT2D eigenvalue weighted by atomic mass is 10.2. The first-order chi connectivity index (χ1) is 13.0. The molecular formula is C17H13BrN4O4S. The number of amides is 1. The minimum Gasteiger partial charge on any atom is -0.416 e. The Morgan fingerprint density at radius 2 is 2.00 bits per heavy atom. The molecule has 1 N–H and O–H groups in total. The number of thioether (sulfide) groups is 1. The lowest BCUT2D eigenvalue weighted by Crippen LogP contribution is -2.14. The number of nitrogens with zero attached hydrogens (tertiary/aromatic N) is 3. The number of hydrogen-bond donors (Lipinski definition) is 1. The zero-order valence-corrected chi connectivity index (χ0v) is 16.2. The number of carbonyl (C=O) groups excluding carboxylic acids is 1. The molecule has 0 atom stereocenters. The largest absolute Gasteiger partial charge is 0.416 e. The van der Waals surface area contributed by atoms with Crippen LogP contribution in [0.15, 0.2) is 62.6 Å². The minimum atomic E-state index is -0.518. The summed E-state index contributed by atoms with van der Waals surface area (Å²) in [7, 11) is 0. The van der Waals surface area contributed by atoms with Crippen LogP contribution in [0.2, 0.25) is 0 Å². The summed E-state index contributed by atoms with van der Waals surface area (Å²) in [6.07, 6.45) is 0.501. The van der Waals surface area contributed by atoms with Gasteiger partial charge in [0.2, 0.25) is 11.8 Å². The van der Waals surface area contributed by atoms with E-state index in [0.717, 1.165) is 21.8 Å². The van der Waals surface area contributed by atoms with E-state index in [4.69, 9.17) is 4.42 Å². The molecule has 0 saturated heterocycles. The number of rotatable bonds is 7. The second kappa shape index (κ2) is 8.78. The molecule has 10 heteroatoms. The molecule has 0 bridgehead atoms. The molecule has 138 valence electrons. The van der Waals surface area contributed by atoms with E-state index in [-0.39, 0.29) is 22.6 Å². The van der Waals surface area contributed by atoms with Crippen LogP contribution in [0.25, 0.3) is 0 Å². The monoisotopic (exact) mass is 448 g/mol. The maximum Gasteiger partial charge on any atom is 0.277 e. The predicted octanol–water partition coefficient (Wildman–Crippen LogP) is 4.06. The molecular weight excluding hydrogens is 436 g/mol. The van der Waals surface area contributed by atoms with Gasteiger partial charge >= 0.3 is 0 Å². The second-order valence-electron chi connectivity index (χ2n) is 5.41. The van der Waals surface area contributed by atoms with Crippen molar-refractivity contribution in [2.45, 2.75) is 11.6 Å². The molecule has 0 fully saturated rings. The Hall–Kier alpha value is -2.72. The Kier molecular flexibility index (Phi) is 6.20. The Morgan fingerprint density at radius 3 is 2.74 bits per heavy atom. The summed E-state index contributed by atoms with van der Waals surface area (Å²) in [5.74, 6) is 0.176. The maximum absolute atomic E-state index is 12.0. The van der Waals surface area contributed by atoms with Gasteiger partial charge in [-0.25, -0.2) is 0 Å². The van der Waals surface area contributed by atoms with E-state index in [0.29, 0.717) is 18.0 Å². The Bertz CT molecular complexity index is 962. The molecule has 0 spiro atoms. The van der Waals surface area contributed by atoms with Crippen LogP contribution in [0.3, 0.4) is 0 Å². The molecule has 0 aliphatic heterocycles. The van der Waals surface area contributed by atoms with Crippen LogP contribution in [0.5, 0.6) is 0 Å². The van der Waals surface area contributed by atoms with Gasteiger partial charge < -0.3 is 9.73 Å². The van der Waals surface area contributed by atoms with E-state index in [1.54, 1.807) is 6.07 Å². The van der Waals surface area contributed by atoms with E-state index in [1.807, 2.05) is 24.3 Å². The van der Waals surface area contributed by atoms with E-state index < -0.39 is 4.92 Å². The molecule has 3 aromatic rings. The summed E-state index contributed by atoms with van der Waals surface area (Å²) in [5.41, 5.74) is 1.30. The van der Waals surface area contributed by atoms with Crippen molar-refractivity contribution in [3.8, 4) is 0 Å². The van der Waals surface area contributed by atoms with E-state index >= 15 is 0 Å². The third-order valence-electron chi connectivity index (χ3n) is 3.38. The highest BCUT2D eigenvalue weighted by atomic mass is 79.9. The summed E-state index contributed by atoms with van der Waals surface area (Å²) in [6.45, 7) is 0. The van der Waals surface area contributed by atoms with E-state index in [9.17, 15) is 14.9 Å².